The van der Waals surface area contributed by atoms with Gasteiger partial charge in [0.1, 0.15) is 30.1 Å². The van der Waals surface area contributed by atoms with E-state index in [1.54, 1.807) is 49.3 Å². The maximum Gasteiger partial charge on any atom is 0.405 e. The van der Waals surface area contributed by atoms with Crippen molar-refractivity contribution in [2.24, 2.45) is 5.92 Å². The topological polar surface area (TPSA) is 159 Å². The van der Waals surface area contributed by atoms with Crippen LogP contribution in [-0.4, -0.2) is 86.3 Å². The number of amides is 4. The van der Waals surface area contributed by atoms with Crippen molar-refractivity contribution in [1.82, 2.24) is 26.3 Å². The van der Waals surface area contributed by atoms with Crippen molar-refractivity contribution < 1.29 is 50.7 Å². The molecule has 3 atom stereocenters. The Kier molecular flexibility index (Phi) is 14.3. The Morgan fingerprint density at radius 1 is 0.887 bits per heavy atom. The summed E-state index contributed by atoms with van der Waals surface area (Å²) < 4.78 is 72.7. The highest BCUT2D eigenvalue weighted by atomic mass is 35.5. The van der Waals surface area contributed by atoms with Crippen molar-refractivity contribution in [2.75, 3.05) is 32.6 Å². The van der Waals surface area contributed by atoms with Gasteiger partial charge in [0.25, 0.3) is 11.8 Å². The first kappa shape index (κ1) is 42.1. The summed E-state index contributed by atoms with van der Waals surface area (Å²) in [6, 6.07) is 9.88. The molecule has 12 nitrogen and oxygen atoms in total. The lowest BCUT2D eigenvalue weighted by Crippen LogP contribution is -2.58. The summed E-state index contributed by atoms with van der Waals surface area (Å²) in [6.07, 6.45) is -3.74. The minimum atomic E-state index is -5.04. The van der Waals surface area contributed by atoms with Crippen molar-refractivity contribution in [2.45, 2.75) is 50.5 Å². The van der Waals surface area contributed by atoms with Crippen molar-refractivity contribution in [3.05, 3.63) is 88.7 Å². The molecular formula is C35H38ClF5N6O6. The number of hydrogen-bond donors (Lipinski definition) is 4. The van der Waals surface area contributed by atoms with Gasteiger partial charge in [-0.15, -0.1) is 0 Å². The third-order valence-corrected chi connectivity index (χ3v) is 7.97. The second-order valence-corrected chi connectivity index (χ2v) is 12.8. The number of hydrogen-bond acceptors (Lipinski definition) is 8. The van der Waals surface area contributed by atoms with Crippen molar-refractivity contribution in [3.8, 4) is 5.75 Å². The lowest BCUT2D eigenvalue weighted by Gasteiger charge is -2.28. The van der Waals surface area contributed by atoms with Gasteiger partial charge in [-0.05, 0) is 53.4 Å². The van der Waals surface area contributed by atoms with Crippen LogP contribution in [-0.2, 0) is 25.6 Å². The van der Waals surface area contributed by atoms with E-state index in [0.29, 0.717) is 22.0 Å². The molecule has 4 amide bonds. The van der Waals surface area contributed by atoms with Crippen LogP contribution in [0.15, 0.2) is 66.9 Å². The molecule has 53 heavy (non-hydrogen) atoms. The first-order valence-electron chi connectivity index (χ1n) is 15.9. The Balaban J connectivity index is 1.97. The number of methoxy groups -OCH3 is 1. The van der Waals surface area contributed by atoms with Gasteiger partial charge in [0, 0.05) is 25.5 Å². The Labute approximate surface area is 306 Å². The molecule has 0 spiro atoms. The van der Waals surface area contributed by atoms with E-state index in [1.165, 1.54) is 57.5 Å². The smallest absolute Gasteiger partial charge is 0.405 e. The van der Waals surface area contributed by atoms with Crippen LogP contribution in [0.1, 0.15) is 41.5 Å². The number of rotatable bonds is 16. The fourth-order valence-corrected chi connectivity index (χ4v) is 5.05. The number of nitrogens with one attached hydrogen (secondary N) is 4. The summed E-state index contributed by atoms with van der Waals surface area (Å²) in [7, 11) is 4.92. The first-order chi connectivity index (χ1) is 24.7. The number of nitrogens with zero attached hydrogens (tertiary/aromatic N) is 2. The van der Waals surface area contributed by atoms with Gasteiger partial charge < -0.3 is 30.9 Å². The largest absolute Gasteiger partial charge is 0.497 e. The third-order valence-electron chi connectivity index (χ3n) is 7.74. The monoisotopic (exact) mass is 768 g/mol. The van der Waals surface area contributed by atoms with E-state index in [-0.39, 0.29) is 17.7 Å². The van der Waals surface area contributed by atoms with Gasteiger partial charge in [-0.2, -0.15) is 22.0 Å². The molecule has 0 aliphatic carbocycles. The highest BCUT2D eigenvalue weighted by Crippen LogP contribution is 2.24. The van der Waals surface area contributed by atoms with E-state index in [2.05, 4.69) is 20.9 Å². The van der Waals surface area contributed by atoms with Gasteiger partial charge in [-0.25, -0.2) is 4.98 Å². The lowest BCUT2D eigenvalue weighted by molar-refractivity contribution is -0.165. The van der Waals surface area contributed by atoms with E-state index in [4.69, 9.17) is 16.3 Å². The Hall–Kier alpha value is -5.32. The van der Waals surface area contributed by atoms with Crippen LogP contribution in [0, 0.1) is 5.92 Å². The van der Waals surface area contributed by atoms with Crippen molar-refractivity contribution in [1.29, 1.82) is 0 Å². The van der Waals surface area contributed by atoms with Crippen LogP contribution < -0.4 is 30.9 Å². The first-order valence-corrected chi connectivity index (χ1v) is 16.3. The zero-order valence-corrected chi connectivity index (χ0v) is 29.9. The van der Waals surface area contributed by atoms with Gasteiger partial charge in [0.2, 0.25) is 17.6 Å². The molecule has 0 saturated heterocycles. The number of aromatic nitrogens is 1. The summed E-state index contributed by atoms with van der Waals surface area (Å²) in [4.78, 5) is 72.0. The number of alkyl halides is 5. The molecular weight excluding hydrogens is 731 g/mol. The highest BCUT2D eigenvalue weighted by Gasteiger charge is 2.52. The molecule has 0 bridgehead atoms. The van der Waals surface area contributed by atoms with Gasteiger partial charge in [0.15, 0.2) is 0 Å². The lowest BCUT2D eigenvalue weighted by atomic mass is 9.94. The van der Waals surface area contributed by atoms with E-state index in [1.807, 2.05) is 0 Å². The quantitative estimate of drug-likeness (QED) is 0.126. The minimum absolute atomic E-state index is 0.0394. The molecule has 3 unspecified atom stereocenters. The molecule has 3 aromatic rings. The van der Waals surface area contributed by atoms with Gasteiger partial charge in [-0.3, -0.25) is 24.0 Å². The number of ketones is 1. The second-order valence-electron chi connectivity index (χ2n) is 12.3. The van der Waals surface area contributed by atoms with Crippen LogP contribution in [0.2, 0.25) is 5.02 Å². The number of Topliss-reactive ketones (excluding diaryl/α,β-unsaturated/α-hetero) is 1. The van der Waals surface area contributed by atoms with Crippen molar-refractivity contribution in [3.63, 3.8) is 0 Å². The molecule has 3 rings (SSSR count). The summed E-state index contributed by atoms with van der Waals surface area (Å²) in [5.41, 5.74) is 1.24. The van der Waals surface area contributed by atoms with Crippen LogP contribution in [0.4, 0.5) is 27.6 Å². The summed E-state index contributed by atoms with van der Waals surface area (Å²) in [5, 5.41) is 8.53. The number of carbonyl (C=O) groups is 5. The number of anilines is 1. The van der Waals surface area contributed by atoms with E-state index < -0.39 is 72.1 Å². The highest BCUT2D eigenvalue weighted by molar-refractivity contribution is 6.30. The zero-order chi connectivity index (χ0) is 39.7. The summed E-state index contributed by atoms with van der Waals surface area (Å²) in [5.74, 6) is -13.3. The zero-order valence-electron chi connectivity index (χ0n) is 29.2. The molecule has 0 radical (unpaired) electrons. The Morgan fingerprint density at radius 3 is 2.08 bits per heavy atom. The Morgan fingerprint density at radius 2 is 1.55 bits per heavy atom. The SMILES string of the molecule is COc1ccc(C(NC(=O)C(Cc2cccc(Cl)c2)NC(=O)c2ccc(N(C)C)cn2)C(=O)NC(C(=O)C(F)(F)C(=O)NCC(F)(F)F)C(C)C)cc1. The van der Waals surface area contributed by atoms with Gasteiger partial charge in [-0.1, -0.05) is 49.7 Å². The molecule has 286 valence electrons. The van der Waals surface area contributed by atoms with Crippen LogP contribution >= 0.6 is 11.6 Å². The fourth-order valence-electron chi connectivity index (χ4n) is 4.84. The maximum absolute atomic E-state index is 14.9. The van der Waals surface area contributed by atoms with E-state index >= 15 is 0 Å². The number of pyridine rings is 1. The summed E-state index contributed by atoms with van der Waals surface area (Å²) in [6.45, 7) is 0.385. The molecule has 1 heterocycles. The number of carbonyl (C=O) groups excluding carboxylic acids is 5. The Bertz CT molecular complexity index is 1770. The third kappa shape index (κ3) is 11.8. The minimum Gasteiger partial charge on any atom is -0.497 e. The molecule has 0 aliphatic heterocycles. The molecule has 1 aromatic heterocycles. The number of benzene rings is 2. The van der Waals surface area contributed by atoms with Gasteiger partial charge >= 0.3 is 12.1 Å². The molecule has 0 aliphatic rings. The maximum atomic E-state index is 14.9. The average Bonchev–Trinajstić information content (AvgIpc) is 3.10. The van der Waals surface area contributed by atoms with E-state index in [0.717, 1.165) is 5.32 Å². The standard InChI is InChI=1S/C35H38ClF5N6O6/c1-19(2)27(29(48)35(40,41)33(52)43-18-34(37,38)39)45-32(51)28(21-9-12-24(53-5)13-10-21)46-31(50)26(16-20-7-6-8-22(36)15-20)44-30(49)25-14-11-23(17-42-25)47(3)4/h6-15,17,19,26-28H,16,18H2,1-5H3,(H,43,52)(H,44,49)(H,45,51)(H,46,50). The van der Waals surface area contributed by atoms with Crippen LogP contribution in [0.3, 0.4) is 0 Å². The summed E-state index contributed by atoms with van der Waals surface area (Å²) >= 11 is 6.15. The average molecular weight is 769 g/mol. The van der Waals surface area contributed by atoms with E-state index in [9.17, 15) is 45.9 Å². The number of halogens is 6. The normalized spacial score (nSPS) is 13.3. The van der Waals surface area contributed by atoms with Crippen LogP contribution in [0.25, 0.3) is 0 Å². The molecule has 4 N–H and O–H groups in total. The predicted octanol–water partition coefficient (Wildman–Crippen LogP) is 4.03. The molecule has 0 fully saturated rings. The molecule has 18 heteroatoms. The second kappa shape index (κ2) is 17.9. The fraction of sp³-hybridized carbons (Fsp3) is 0.371. The molecule has 2 aromatic carbocycles. The van der Waals surface area contributed by atoms with Crippen LogP contribution in [0.5, 0.6) is 5.75 Å². The number of ether oxygens (including phenoxy) is 1. The predicted molar refractivity (Wildman–Crippen MR) is 185 cm³/mol. The van der Waals surface area contributed by atoms with Gasteiger partial charge in [0.05, 0.1) is 25.0 Å². The van der Waals surface area contributed by atoms with Crippen molar-refractivity contribution >= 4 is 46.7 Å². The molecule has 0 saturated carbocycles.